The SMILES string of the molecule is [c]1nc2c(OCc3cnccn3)cccc2[nH]1. The highest BCUT2D eigenvalue weighted by atomic mass is 16.5. The van der Waals surface area contributed by atoms with Gasteiger partial charge in [-0.05, 0) is 12.1 Å². The van der Waals surface area contributed by atoms with Crippen LogP contribution in [0.4, 0.5) is 0 Å². The number of H-pyrrole nitrogens is 1. The van der Waals surface area contributed by atoms with Gasteiger partial charge < -0.3 is 9.72 Å². The minimum Gasteiger partial charge on any atom is -0.485 e. The van der Waals surface area contributed by atoms with Crippen LogP contribution < -0.4 is 4.74 Å². The van der Waals surface area contributed by atoms with Crippen LogP contribution in [0.2, 0.25) is 0 Å². The Morgan fingerprint density at radius 1 is 1.29 bits per heavy atom. The van der Waals surface area contributed by atoms with Crippen molar-refractivity contribution >= 4 is 11.0 Å². The third-order valence-corrected chi connectivity index (χ3v) is 2.35. The summed E-state index contributed by atoms with van der Waals surface area (Å²) in [6, 6.07) is 5.70. The predicted octanol–water partition coefficient (Wildman–Crippen LogP) is 1.73. The van der Waals surface area contributed by atoms with Crippen LogP contribution >= 0.6 is 0 Å². The second-order valence-corrected chi connectivity index (χ2v) is 3.49. The molecule has 5 heteroatoms. The molecule has 1 aromatic carbocycles. The van der Waals surface area contributed by atoms with Gasteiger partial charge in [-0.15, -0.1) is 0 Å². The van der Waals surface area contributed by atoms with E-state index < -0.39 is 0 Å². The average Bonchev–Trinajstić information content (AvgIpc) is 2.86. The molecule has 17 heavy (non-hydrogen) atoms. The number of aromatic amines is 1. The highest BCUT2D eigenvalue weighted by Crippen LogP contribution is 2.22. The third kappa shape index (κ3) is 1.94. The first-order valence-electron chi connectivity index (χ1n) is 5.16. The van der Waals surface area contributed by atoms with Gasteiger partial charge in [0, 0.05) is 12.4 Å². The summed E-state index contributed by atoms with van der Waals surface area (Å²) in [6.07, 6.45) is 7.64. The molecule has 0 aliphatic rings. The average molecular weight is 225 g/mol. The topological polar surface area (TPSA) is 63.7 Å². The molecule has 0 unspecified atom stereocenters. The monoisotopic (exact) mass is 225 g/mol. The number of fused-ring (bicyclic) bond motifs is 1. The van der Waals surface area contributed by atoms with Gasteiger partial charge in [-0.2, -0.15) is 0 Å². The number of ether oxygens (including phenoxy) is 1. The second kappa shape index (κ2) is 4.21. The van der Waals surface area contributed by atoms with Gasteiger partial charge >= 0.3 is 0 Å². The zero-order valence-electron chi connectivity index (χ0n) is 8.92. The van der Waals surface area contributed by atoms with Crippen LogP contribution in [-0.2, 0) is 6.61 Å². The molecular formula is C12H9N4O. The van der Waals surface area contributed by atoms with Crippen molar-refractivity contribution in [1.29, 1.82) is 0 Å². The number of para-hydroxylation sites is 1. The molecule has 0 saturated heterocycles. The molecule has 0 aliphatic carbocycles. The lowest BCUT2D eigenvalue weighted by Crippen LogP contribution is -1.98. The Morgan fingerprint density at radius 3 is 3.18 bits per heavy atom. The smallest absolute Gasteiger partial charge is 0.174 e. The molecular weight excluding hydrogens is 216 g/mol. The van der Waals surface area contributed by atoms with Crippen molar-refractivity contribution in [3.8, 4) is 5.75 Å². The summed E-state index contributed by atoms with van der Waals surface area (Å²) in [7, 11) is 0. The summed E-state index contributed by atoms with van der Waals surface area (Å²) >= 11 is 0. The number of hydrogen-bond donors (Lipinski definition) is 1. The number of nitrogens with zero attached hydrogens (tertiary/aromatic N) is 3. The maximum absolute atomic E-state index is 5.66. The van der Waals surface area contributed by atoms with Gasteiger partial charge in [0.05, 0.1) is 17.4 Å². The van der Waals surface area contributed by atoms with E-state index in [4.69, 9.17) is 4.74 Å². The Bertz CT molecular complexity index is 620. The molecule has 0 saturated carbocycles. The molecule has 0 amide bonds. The maximum Gasteiger partial charge on any atom is 0.174 e. The minimum atomic E-state index is 0.375. The fraction of sp³-hybridized carbons (Fsp3) is 0.0833. The van der Waals surface area contributed by atoms with Crippen LogP contribution in [0.15, 0.2) is 36.8 Å². The van der Waals surface area contributed by atoms with Gasteiger partial charge in [0.25, 0.3) is 0 Å². The minimum absolute atomic E-state index is 0.375. The molecule has 0 bridgehead atoms. The van der Waals surface area contributed by atoms with Gasteiger partial charge in [-0.1, -0.05) is 6.07 Å². The molecule has 3 rings (SSSR count). The van der Waals surface area contributed by atoms with E-state index in [0.717, 1.165) is 16.7 Å². The number of benzene rings is 1. The summed E-state index contributed by atoms with van der Waals surface area (Å²) < 4.78 is 5.66. The molecule has 0 fully saturated rings. The van der Waals surface area contributed by atoms with E-state index in [2.05, 4.69) is 26.3 Å². The predicted molar refractivity (Wildman–Crippen MR) is 61.3 cm³/mol. The number of aromatic nitrogens is 4. The first-order valence-corrected chi connectivity index (χ1v) is 5.16. The molecule has 0 aliphatic heterocycles. The fourth-order valence-electron chi connectivity index (χ4n) is 1.56. The van der Waals surface area contributed by atoms with Crippen molar-refractivity contribution in [3.05, 3.63) is 48.8 Å². The van der Waals surface area contributed by atoms with Crippen LogP contribution in [0.5, 0.6) is 5.75 Å². The lowest BCUT2D eigenvalue weighted by Gasteiger charge is -2.05. The van der Waals surface area contributed by atoms with Crippen molar-refractivity contribution in [1.82, 2.24) is 19.9 Å². The van der Waals surface area contributed by atoms with E-state index in [1.54, 1.807) is 18.6 Å². The lowest BCUT2D eigenvalue weighted by atomic mass is 10.3. The zero-order valence-corrected chi connectivity index (χ0v) is 8.92. The largest absolute Gasteiger partial charge is 0.485 e. The van der Waals surface area contributed by atoms with Crippen molar-refractivity contribution in [2.45, 2.75) is 6.61 Å². The van der Waals surface area contributed by atoms with E-state index in [-0.39, 0.29) is 0 Å². The molecule has 1 radical (unpaired) electrons. The molecule has 2 aromatic heterocycles. The Hall–Kier alpha value is -2.43. The summed E-state index contributed by atoms with van der Waals surface area (Å²) in [6.45, 7) is 0.375. The highest BCUT2D eigenvalue weighted by Gasteiger charge is 2.04. The molecule has 5 nitrogen and oxygen atoms in total. The van der Waals surface area contributed by atoms with Crippen molar-refractivity contribution in [3.63, 3.8) is 0 Å². The van der Waals surface area contributed by atoms with Crippen molar-refractivity contribution < 1.29 is 4.74 Å². The number of hydrogen-bond acceptors (Lipinski definition) is 4. The Kier molecular flexibility index (Phi) is 2.42. The van der Waals surface area contributed by atoms with Crippen LogP contribution in [0.1, 0.15) is 5.69 Å². The number of imidazole rings is 1. The highest BCUT2D eigenvalue weighted by molar-refractivity contribution is 5.80. The van der Waals surface area contributed by atoms with E-state index in [0.29, 0.717) is 12.4 Å². The Balaban J connectivity index is 1.84. The van der Waals surface area contributed by atoms with Gasteiger partial charge in [0.1, 0.15) is 17.9 Å². The summed E-state index contributed by atoms with van der Waals surface area (Å²) in [4.78, 5) is 15.1. The van der Waals surface area contributed by atoms with Crippen LogP contribution in [0, 0.1) is 6.33 Å². The molecule has 3 aromatic rings. The van der Waals surface area contributed by atoms with E-state index in [1.807, 2.05) is 18.2 Å². The van der Waals surface area contributed by atoms with Crippen LogP contribution in [0.3, 0.4) is 0 Å². The number of nitrogens with one attached hydrogen (secondary N) is 1. The van der Waals surface area contributed by atoms with E-state index >= 15 is 0 Å². The van der Waals surface area contributed by atoms with E-state index in [9.17, 15) is 0 Å². The maximum atomic E-state index is 5.66. The number of rotatable bonds is 3. The van der Waals surface area contributed by atoms with Crippen molar-refractivity contribution in [2.24, 2.45) is 0 Å². The van der Waals surface area contributed by atoms with Gasteiger partial charge in [-0.25, -0.2) is 4.98 Å². The molecule has 0 atom stereocenters. The Morgan fingerprint density at radius 2 is 2.29 bits per heavy atom. The van der Waals surface area contributed by atoms with Gasteiger partial charge in [0.15, 0.2) is 6.33 Å². The summed E-state index contributed by atoms with van der Waals surface area (Å²) in [5, 5.41) is 0. The zero-order chi connectivity index (χ0) is 11.5. The summed E-state index contributed by atoms with van der Waals surface area (Å²) in [5.74, 6) is 0.714. The second-order valence-electron chi connectivity index (χ2n) is 3.49. The lowest BCUT2D eigenvalue weighted by molar-refractivity contribution is 0.304. The van der Waals surface area contributed by atoms with Gasteiger partial charge in [-0.3, -0.25) is 9.97 Å². The van der Waals surface area contributed by atoms with Crippen LogP contribution in [0.25, 0.3) is 11.0 Å². The molecule has 1 N–H and O–H groups in total. The van der Waals surface area contributed by atoms with E-state index in [1.165, 1.54) is 0 Å². The quantitative estimate of drug-likeness (QED) is 0.737. The standard InChI is InChI=1S/C12H9N4O/c1-2-10-12(16-8-15-10)11(3-1)17-7-9-6-13-4-5-14-9/h1-6H,7H2,(H,15,16). The van der Waals surface area contributed by atoms with Crippen molar-refractivity contribution in [2.75, 3.05) is 0 Å². The first-order chi connectivity index (χ1) is 8.43. The first kappa shape index (κ1) is 9.77. The summed E-state index contributed by atoms with van der Waals surface area (Å²) in [5.41, 5.74) is 2.46. The molecule has 2 heterocycles. The normalized spacial score (nSPS) is 10.6. The van der Waals surface area contributed by atoms with Crippen LogP contribution in [-0.4, -0.2) is 19.9 Å². The van der Waals surface area contributed by atoms with Gasteiger partial charge in [0.2, 0.25) is 0 Å². The molecule has 0 spiro atoms. The fourth-order valence-corrected chi connectivity index (χ4v) is 1.56. The molecule has 83 valence electrons. The third-order valence-electron chi connectivity index (χ3n) is 2.35. The Labute approximate surface area is 97.5 Å².